The van der Waals surface area contributed by atoms with Crippen LogP contribution in [0.3, 0.4) is 0 Å². The van der Waals surface area contributed by atoms with Gasteiger partial charge in [0.2, 0.25) is 5.95 Å². The summed E-state index contributed by atoms with van der Waals surface area (Å²) in [6.45, 7) is 1.80. The van der Waals surface area contributed by atoms with E-state index in [0.717, 1.165) is 11.4 Å². The molecule has 0 unspecified atom stereocenters. The van der Waals surface area contributed by atoms with E-state index in [1.165, 1.54) is 0 Å². The Kier molecular flexibility index (Phi) is 5.34. The van der Waals surface area contributed by atoms with Gasteiger partial charge in [-0.1, -0.05) is 23.7 Å². The number of halogens is 1. The molecule has 0 spiro atoms. The number of aromatic nitrogens is 2. The van der Waals surface area contributed by atoms with Gasteiger partial charge in [-0.15, -0.1) is 0 Å². The summed E-state index contributed by atoms with van der Waals surface area (Å²) in [6.07, 6.45) is 0. The van der Waals surface area contributed by atoms with Crippen molar-refractivity contribution in [2.75, 3.05) is 17.7 Å². The van der Waals surface area contributed by atoms with Crippen LogP contribution in [-0.2, 0) is 0 Å². The molecule has 132 valence electrons. The normalized spacial score (nSPS) is 10.3. The molecule has 2 aromatic carbocycles. The molecule has 0 aliphatic heterocycles. The SMILES string of the molecule is COc1ccc(Nc2nc(C)cc(C(=O)Nc3ccccc3Cl)n2)cc1. The number of carbonyl (C=O) groups excluding carboxylic acids is 1. The van der Waals surface area contributed by atoms with Gasteiger partial charge in [-0.25, -0.2) is 9.97 Å². The Hall–Kier alpha value is -3.12. The fourth-order valence-corrected chi connectivity index (χ4v) is 2.48. The zero-order chi connectivity index (χ0) is 18.5. The molecule has 2 N–H and O–H groups in total. The maximum absolute atomic E-state index is 12.5. The number of nitrogens with one attached hydrogen (secondary N) is 2. The molecule has 0 bridgehead atoms. The Morgan fingerprint density at radius 3 is 2.50 bits per heavy atom. The smallest absolute Gasteiger partial charge is 0.274 e. The maximum atomic E-state index is 12.5. The van der Waals surface area contributed by atoms with Gasteiger partial charge in [0.25, 0.3) is 5.91 Å². The molecule has 1 aromatic heterocycles. The van der Waals surface area contributed by atoms with E-state index in [1.807, 2.05) is 24.3 Å². The van der Waals surface area contributed by atoms with Crippen molar-refractivity contribution in [2.24, 2.45) is 0 Å². The number of benzene rings is 2. The number of para-hydroxylation sites is 1. The van der Waals surface area contributed by atoms with Crippen LogP contribution in [0, 0.1) is 6.92 Å². The van der Waals surface area contributed by atoms with Crippen molar-refractivity contribution in [3.63, 3.8) is 0 Å². The Morgan fingerprint density at radius 2 is 1.81 bits per heavy atom. The summed E-state index contributed by atoms with van der Waals surface area (Å²) in [5, 5.41) is 6.30. The first-order valence-corrected chi connectivity index (χ1v) is 8.25. The number of aryl methyl sites for hydroxylation is 1. The van der Waals surface area contributed by atoms with Crippen LogP contribution in [0.4, 0.5) is 17.3 Å². The first kappa shape index (κ1) is 17.7. The van der Waals surface area contributed by atoms with Crippen LogP contribution in [0.25, 0.3) is 0 Å². The largest absolute Gasteiger partial charge is 0.497 e. The van der Waals surface area contributed by atoms with Gasteiger partial charge in [0.1, 0.15) is 11.4 Å². The van der Waals surface area contributed by atoms with Crippen molar-refractivity contribution in [1.82, 2.24) is 9.97 Å². The molecule has 3 aromatic rings. The third-order valence-corrected chi connectivity index (χ3v) is 3.88. The quantitative estimate of drug-likeness (QED) is 0.696. The minimum absolute atomic E-state index is 0.244. The summed E-state index contributed by atoms with van der Waals surface area (Å²) in [6, 6.07) is 16.0. The number of amides is 1. The number of ether oxygens (including phenoxy) is 1. The number of rotatable bonds is 5. The highest BCUT2D eigenvalue weighted by molar-refractivity contribution is 6.33. The second kappa shape index (κ2) is 7.84. The summed E-state index contributed by atoms with van der Waals surface area (Å²) < 4.78 is 5.13. The number of methoxy groups -OCH3 is 1. The van der Waals surface area contributed by atoms with Gasteiger partial charge in [-0.05, 0) is 49.4 Å². The third-order valence-electron chi connectivity index (χ3n) is 3.56. The predicted octanol–water partition coefficient (Wildman–Crippen LogP) is 4.44. The van der Waals surface area contributed by atoms with Crippen LogP contribution >= 0.6 is 11.6 Å². The highest BCUT2D eigenvalue weighted by Gasteiger charge is 2.12. The fraction of sp³-hybridized carbons (Fsp3) is 0.105. The van der Waals surface area contributed by atoms with Crippen LogP contribution in [0.1, 0.15) is 16.2 Å². The zero-order valence-electron chi connectivity index (χ0n) is 14.3. The van der Waals surface area contributed by atoms with E-state index < -0.39 is 0 Å². The third kappa shape index (κ3) is 4.29. The number of anilines is 3. The van der Waals surface area contributed by atoms with E-state index in [2.05, 4.69) is 20.6 Å². The average molecular weight is 369 g/mol. The van der Waals surface area contributed by atoms with E-state index in [-0.39, 0.29) is 11.6 Å². The second-order valence-corrected chi connectivity index (χ2v) is 5.91. The Balaban J connectivity index is 1.80. The van der Waals surface area contributed by atoms with Crippen LogP contribution in [-0.4, -0.2) is 23.0 Å². The molecule has 0 radical (unpaired) electrons. The molecular weight excluding hydrogens is 352 g/mol. The molecule has 0 saturated heterocycles. The maximum Gasteiger partial charge on any atom is 0.274 e. The van der Waals surface area contributed by atoms with Gasteiger partial charge in [-0.3, -0.25) is 4.79 Å². The van der Waals surface area contributed by atoms with Crippen molar-refractivity contribution in [1.29, 1.82) is 0 Å². The lowest BCUT2D eigenvalue weighted by Gasteiger charge is -2.10. The van der Waals surface area contributed by atoms with Crippen LogP contribution in [0.15, 0.2) is 54.6 Å². The molecule has 0 saturated carbocycles. The van der Waals surface area contributed by atoms with Crippen molar-refractivity contribution in [3.8, 4) is 5.75 Å². The summed E-state index contributed by atoms with van der Waals surface area (Å²) in [7, 11) is 1.61. The first-order chi connectivity index (χ1) is 12.5. The molecular formula is C19H17ClN4O2. The summed E-state index contributed by atoms with van der Waals surface area (Å²) in [5.74, 6) is 0.723. The number of carbonyl (C=O) groups is 1. The van der Waals surface area contributed by atoms with E-state index in [4.69, 9.17) is 16.3 Å². The van der Waals surface area contributed by atoms with Gasteiger partial charge >= 0.3 is 0 Å². The van der Waals surface area contributed by atoms with Crippen molar-refractivity contribution in [2.45, 2.75) is 6.92 Å². The van der Waals surface area contributed by atoms with Crippen LogP contribution in [0.5, 0.6) is 5.75 Å². The monoisotopic (exact) mass is 368 g/mol. The van der Waals surface area contributed by atoms with Crippen LogP contribution < -0.4 is 15.4 Å². The molecule has 0 fully saturated rings. The van der Waals surface area contributed by atoms with E-state index >= 15 is 0 Å². The highest BCUT2D eigenvalue weighted by Crippen LogP contribution is 2.22. The summed E-state index contributed by atoms with van der Waals surface area (Å²) in [4.78, 5) is 21.1. The first-order valence-electron chi connectivity index (χ1n) is 7.88. The molecule has 1 heterocycles. The molecule has 0 aliphatic rings. The molecule has 26 heavy (non-hydrogen) atoms. The molecule has 1 amide bonds. The Morgan fingerprint density at radius 1 is 1.08 bits per heavy atom. The van der Waals surface area contributed by atoms with Gasteiger partial charge < -0.3 is 15.4 Å². The molecule has 6 nitrogen and oxygen atoms in total. The lowest BCUT2D eigenvalue weighted by Crippen LogP contribution is -2.15. The Bertz CT molecular complexity index is 929. The van der Waals surface area contributed by atoms with Gasteiger partial charge in [0.05, 0.1) is 17.8 Å². The topological polar surface area (TPSA) is 76.1 Å². The molecule has 0 aliphatic carbocycles. The van der Waals surface area contributed by atoms with Gasteiger partial charge in [0, 0.05) is 11.4 Å². The highest BCUT2D eigenvalue weighted by atomic mass is 35.5. The number of hydrogen-bond acceptors (Lipinski definition) is 5. The summed E-state index contributed by atoms with van der Waals surface area (Å²) in [5.41, 5.74) is 2.22. The van der Waals surface area contributed by atoms with Gasteiger partial charge in [0.15, 0.2) is 0 Å². The lowest BCUT2D eigenvalue weighted by molar-refractivity contribution is 0.102. The standard InChI is InChI=1S/C19H17ClN4O2/c1-12-11-17(18(25)23-16-6-4-3-5-15(16)20)24-19(21-12)22-13-7-9-14(26-2)10-8-13/h3-11H,1-2H3,(H,23,25)(H,21,22,24). The van der Waals surface area contributed by atoms with Crippen molar-refractivity contribution < 1.29 is 9.53 Å². The van der Waals surface area contributed by atoms with Crippen molar-refractivity contribution >= 4 is 34.8 Å². The second-order valence-electron chi connectivity index (χ2n) is 5.51. The van der Waals surface area contributed by atoms with Gasteiger partial charge in [-0.2, -0.15) is 0 Å². The average Bonchev–Trinajstić information content (AvgIpc) is 2.64. The fourth-order valence-electron chi connectivity index (χ4n) is 2.29. The zero-order valence-corrected chi connectivity index (χ0v) is 15.0. The molecule has 0 atom stereocenters. The molecule has 7 heteroatoms. The predicted molar refractivity (Wildman–Crippen MR) is 102 cm³/mol. The lowest BCUT2D eigenvalue weighted by atomic mass is 10.2. The number of hydrogen-bond donors (Lipinski definition) is 2. The minimum atomic E-state index is -0.360. The molecule has 3 rings (SSSR count). The van der Waals surface area contributed by atoms with Crippen molar-refractivity contribution in [3.05, 3.63) is 71.0 Å². The number of nitrogens with zero attached hydrogens (tertiary/aromatic N) is 2. The summed E-state index contributed by atoms with van der Waals surface area (Å²) >= 11 is 6.08. The van der Waals surface area contributed by atoms with E-state index in [1.54, 1.807) is 44.4 Å². The Labute approximate surface area is 156 Å². The van der Waals surface area contributed by atoms with Crippen LogP contribution in [0.2, 0.25) is 5.02 Å². The minimum Gasteiger partial charge on any atom is -0.497 e. The van der Waals surface area contributed by atoms with E-state index in [0.29, 0.717) is 22.4 Å². The van der Waals surface area contributed by atoms with E-state index in [9.17, 15) is 4.79 Å².